The first-order chi connectivity index (χ1) is 3.77. The van der Waals surface area contributed by atoms with Crippen molar-refractivity contribution in [1.29, 1.82) is 0 Å². The predicted octanol–water partition coefficient (Wildman–Crippen LogP) is 2.14. The van der Waals surface area contributed by atoms with E-state index in [1.54, 1.807) is 6.08 Å². The molecule has 0 aliphatic rings. The summed E-state index contributed by atoms with van der Waals surface area (Å²) in [5, 5.41) is 0. The maximum atomic E-state index is 3.62. The van der Waals surface area contributed by atoms with Gasteiger partial charge in [0.25, 0.3) is 0 Å². The molecule has 0 fully saturated rings. The van der Waals surface area contributed by atoms with Crippen molar-refractivity contribution in [3.05, 3.63) is 24.3 Å². The highest BCUT2D eigenvalue weighted by molar-refractivity contribution is 5.28. The highest BCUT2D eigenvalue weighted by Gasteiger charge is 1.64. The predicted molar refractivity (Wildman–Crippen MR) is 37.4 cm³/mol. The van der Waals surface area contributed by atoms with Crippen LogP contribution in [0.1, 0.15) is 13.8 Å². The van der Waals surface area contributed by atoms with Crippen LogP contribution in [0, 0.1) is 11.8 Å². The van der Waals surface area contributed by atoms with E-state index in [0.29, 0.717) is 0 Å². The molecule has 0 radical (unpaired) electrons. The van der Waals surface area contributed by atoms with Crippen LogP contribution in [0.4, 0.5) is 0 Å². The SMILES string of the molecule is C=C(C)C#C/C=C/C. The maximum Gasteiger partial charge on any atom is -0.00790 e. The molecule has 0 aromatic carbocycles. The van der Waals surface area contributed by atoms with E-state index in [1.807, 2.05) is 19.9 Å². The van der Waals surface area contributed by atoms with Gasteiger partial charge in [-0.3, -0.25) is 0 Å². The second kappa shape index (κ2) is 4.21. The smallest absolute Gasteiger partial charge is 0.00790 e. The first kappa shape index (κ1) is 7.04. The Morgan fingerprint density at radius 2 is 2.25 bits per heavy atom. The standard InChI is InChI=1S/C8H10/c1-4-5-6-7-8(2)3/h4-5H,2H2,1,3H3/b5-4+. The number of allylic oxidation sites excluding steroid dienone is 3. The highest BCUT2D eigenvalue weighted by Crippen LogP contribution is 1.79. The second-order valence-electron chi connectivity index (χ2n) is 1.55. The van der Waals surface area contributed by atoms with Crippen LogP contribution in [0.5, 0.6) is 0 Å². The van der Waals surface area contributed by atoms with Gasteiger partial charge in [-0.25, -0.2) is 0 Å². The zero-order chi connectivity index (χ0) is 6.41. The van der Waals surface area contributed by atoms with Gasteiger partial charge in [0.15, 0.2) is 0 Å². The summed E-state index contributed by atoms with van der Waals surface area (Å²) in [6.07, 6.45) is 3.70. The minimum absolute atomic E-state index is 0.906. The van der Waals surface area contributed by atoms with E-state index in [1.165, 1.54) is 0 Å². The molecule has 0 bridgehead atoms. The molecule has 0 heteroatoms. The molecule has 0 unspecified atom stereocenters. The van der Waals surface area contributed by atoms with E-state index in [9.17, 15) is 0 Å². The average molecular weight is 106 g/mol. The summed E-state index contributed by atoms with van der Waals surface area (Å²) in [5.41, 5.74) is 0.906. The van der Waals surface area contributed by atoms with Crippen molar-refractivity contribution in [2.45, 2.75) is 13.8 Å². The molecule has 0 saturated heterocycles. The third-order valence-corrected chi connectivity index (χ3v) is 0.536. The second-order valence-corrected chi connectivity index (χ2v) is 1.55. The molecule has 0 atom stereocenters. The van der Waals surface area contributed by atoms with Gasteiger partial charge in [-0.15, -0.1) is 0 Å². The molecule has 8 heavy (non-hydrogen) atoms. The van der Waals surface area contributed by atoms with Gasteiger partial charge in [-0.1, -0.05) is 24.5 Å². The van der Waals surface area contributed by atoms with Crippen LogP contribution in [-0.2, 0) is 0 Å². The van der Waals surface area contributed by atoms with Crippen LogP contribution >= 0.6 is 0 Å². The number of rotatable bonds is 0. The van der Waals surface area contributed by atoms with Crippen LogP contribution < -0.4 is 0 Å². The molecule has 42 valence electrons. The van der Waals surface area contributed by atoms with E-state index in [4.69, 9.17) is 0 Å². The zero-order valence-electron chi connectivity index (χ0n) is 5.36. The molecule has 0 aliphatic heterocycles. The van der Waals surface area contributed by atoms with E-state index in [0.717, 1.165) is 5.57 Å². The van der Waals surface area contributed by atoms with Crippen molar-refractivity contribution in [2.24, 2.45) is 0 Å². The van der Waals surface area contributed by atoms with Crippen LogP contribution in [0.3, 0.4) is 0 Å². The topological polar surface area (TPSA) is 0 Å². The van der Waals surface area contributed by atoms with Crippen molar-refractivity contribution in [3.8, 4) is 11.8 Å². The minimum atomic E-state index is 0.906. The summed E-state index contributed by atoms with van der Waals surface area (Å²) in [6.45, 7) is 7.44. The molecule has 0 aliphatic carbocycles. The van der Waals surface area contributed by atoms with Crippen LogP contribution in [0.2, 0.25) is 0 Å². The Hall–Kier alpha value is -0.960. The Labute approximate surface area is 50.9 Å². The lowest BCUT2D eigenvalue weighted by Gasteiger charge is -1.71. The van der Waals surface area contributed by atoms with Gasteiger partial charge in [0.2, 0.25) is 0 Å². The van der Waals surface area contributed by atoms with Crippen LogP contribution in [0.25, 0.3) is 0 Å². The molecule has 0 spiro atoms. The van der Waals surface area contributed by atoms with Crippen molar-refractivity contribution in [2.75, 3.05) is 0 Å². The van der Waals surface area contributed by atoms with Gasteiger partial charge >= 0.3 is 0 Å². The molecule has 0 amide bonds. The molecule has 0 N–H and O–H groups in total. The fourth-order valence-corrected chi connectivity index (χ4v) is 0.248. The fourth-order valence-electron chi connectivity index (χ4n) is 0.248. The van der Waals surface area contributed by atoms with Crippen molar-refractivity contribution < 1.29 is 0 Å². The van der Waals surface area contributed by atoms with Gasteiger partial charge in [0.05, 0.1) is 0 Å². The van der Waals surface area contributed by atoms with Gasteiger partial charge in [0, 0.05) is 0 Å². The quantitative estimate of drug-likeness (QED) is 0.415. The summed E-state index contributed by atoms with van der Waals surface area (Å²) in [7, 11) is 0. The first-order valence-electron chi connectivity index (χ1n) is 2.55. The van der Waals surface area contributed by atoms with Gasteiger partial charge in [-0.05, 0) is 25.5 Å². The van der Waals surface area contributed by atoms with Crippen LogP contribution in [0.15, 0.2) is 24.3 Å². The van der Waals surface area contributed by atoms with Crippen molar-refractivity contribution >= 4 is 0 Å². The summed E-state index contributed by atoms with van der Waals surface area (Å²) in [4.78, 5) is 0. The first-order valence-corrected chi connectivity index (χ1v) is 2.55. The van der Waals surface area contributed by atoms with E-state index >= 15 is 0 Å². The molecule has 0 rings (SSSR count). The molecule has 0 aromatic heterocycles. The van der Waals surface area contributed by atoms with E-state index < -0.39 is 0 Å². The summed E-state index contributed by atoms with van der Waals surface area (Å²) in [6, 6.07) is 0. The Morgan fingerprint density at radius 1 is 1.62 bits per heavy atom. The van der Waals surface area contributed by atoms with E-state index in [2.05, 4.69) is 18.4 Å². The number of hydrogen-bond donors (Lipinski definition) is 0. The normalized spacial score (nSPS) is 8.25. The van der Waals surface area contributed by atoms with E-state index in [-0.39, 0.29) is 0 Å². The van der Waals surface area contributed by atoms with Crippen LogP contribution in [-0.4, -0.2) is 0 Å². The Morgan fingerprint density at radius 3 is 2.62 bits per heavy atom. The fraction of sp³-hybridized carbons (Fsp3) is 0.250. The molecule has 0 saturated carbocycles. The Balaban J connectivity index is 3.68. The van der Waals surface area contributed by atoms with Gasteiger partial charge in [-0.2, -0.15) is 0 Å². The van der Waals surface area contributed by atoms with Gasteiger partial charge < -0.3 is 0 Å². The van der Waals surface area contributed by atoms with Gasteiger partial charge in [0.1, 0.15) is 0 Å². The summed E-state index contributed by atoms with van der Waals surface area (Å²) >= 11 is 0. The summed E-state index contributed by atoms with van der Waals surface area (Å²) < 4.78 is 0. The zero-order valence-corrected chi connectivity index (χ0v) is 5.36. The minimum Gasteiger partial charge on any atom is -0.0877 e. The molecule has 0 heterocycles. The largest absolute Gasteiger partial charge is 0.0877 e. The third kappa shape index (κ3) is 5.04. The average Bonchev–Trinajstić information content (AvgIpc) is 1.66. The monoisotopic (exact) mass is 106 g/mol. The lowest BCUT2D eigenvalue weighted by atomic mass is 10.3. The molecular weight excluding hydrogens is 96.1 g/mol. The maximum absolute atomic E-state index is 3.62. The highest BCUT2D eigenvalue weighted by atomic mass is 13.7. The van der Waals surface area contributed by atoms with Crippen molar-refractivity contribution in [1.82, 2.24) is 0 Å². The van der Waals surface area contributed by atoms with Crippen molar-refractivity contribution in [3.63, 3.8) is 0 Å². The lowest BCUT2D eigenvalue weighted by molar-refractivity contribution is 1.62. The Kier molecular flexibility index (Phi) is 3.70. The lowest BCUT2D eigenvalue weighted by Crippen LogP contribution is -1.57. The molecule has 0 nitrogen and oxygen atoms in total. The third-order valence-electron chi connectivity index (χ3n) is 0.536. The summed E-state index contributed by atoms with van der Waals surface area (Å²) in [5.74, 6) is 5.62. The Bertz CT molecular complexity index is 151. The number of hydrogen-bond acceptors (Lipinski definition) is 0. The molecule has 0 aromatic rings. The molecular formula is C8H10.